The van der Waals surface area contributed by atoms with Crippen LogP contribution < -0.4 is 5.73 Å². The van der Waals surface area contributed by atoms with Gasteiger partial charge in [-0.1, -0.05) is 13.8 Å². The van der Waals surface area contributed by atoms with Gasteiger partial charge < -0.3 is 5.73 Å². The van der Waals surface area contributed by atoms with Crippen LogP contribution in [0.25, 0.3) is 11.5 Å². The number of fused-ring (bicyclic) bond motifs is 1. The number of hydrogen-bond donors (Lipinski definition) is 1. The summed E-state index contributed by atoms with van der Waals surface area (Å²) in [7, 11) is 0. The van der Waals surface area contributed by atoms with E-state index in [9.17, 15) is 0 Å². The predicted molar refractivity (Wildman–Crippen MR) is 75.9 cm³/mol. The summed E-state index contributed by atoms with van der Waals surface area (Å²) >= 11 is 0. The molecule has 20 heavy (non-hydrogen) atoms. The van der Waals surface area contributed by atoms with Gasteiger partial charge in [-0.05, 0) is 25.8 Å². The van der Waals surface area contributed by atoms with Gasteiger partial charge in [-0.15, -0.1) is 0 Å². The van der Waals surface area contributed by atoms with Crippen molar-refractivity contribution in [2.75, 3.05) is 5.73 Å². The molecule has 0 aliphatic heterocycles. The van der Waals surface area contributed by atoms with Crippen molar-refractivity contribution in [2.24, 2.45) is 0 Å². The van der Waals surface area contributed by atoms with Crippen molar-refractivity contribution in [3.05, 3.63) is 29.5 Å². The molecule has 3 aromatic heterocycles. The van der Waals surface area contributed by atoms with Crippen molar-refractivity contribution in [3.63, 3.8) is 0 Å². The lowest BCUT2D eigenvalue weighted by Crippen LogP contribution is -2.13. The minimum Gasteiger partial charge on any atom is -0.382 e. The van der Waals surface area contributed by atoms with Crippen molar-refractivity contribution in [2.45, 2.75) is 33.6 Å². The van der Waals surface area contributed by atoms with E-state index in [-0.39, 0.29) is 0 Å². The SMILES string of the molecule is Cc1cc(C(C)C)n(-c2c(C)nc3ncnn3c2N)n1. The predicted octanol–water partition coefficient (Wildman–Crippen LogP) is 1.63. The van der Waals surface area contributed by atoms with Crippen molar-refractivity contribution >= 4 is 11.6 Å². The average Bonchev–Trinajstić information content (AvgIpc) is 2.96. The van der Waals surface area contributed by atoms with Crippen LogP contribution in [-0.4, -0.2) is 29.4 Å². The van der Waals surface area contributed by atoms with Gasteiger partial charge in [0.25, 0.3) is 5.78 Å². The highest BCUT2D eigenvalue weighted by Crippen LogP contribution is 2.25. The molecule has 2 N–H and O–H groups in total. The largest absolute Gasteiger partial charge is 0.382 e. The van der Waals surface area contributed by atoms with Gasteiger partial charge in [0.15, 0.2) is 5.82 Å². The number of anilines is 1. The molecule has 7 heteroatoms. The average molecular weight is 271 g/mol. The van der Waals surface area contributed by atoms with Crippen LogP contribution in [0.3, 0.4) is 0 Å². The summed E-state index contributed by atoms with van der Waals surface area (Å²) in [6.07, 6.45) is 1.44. The summed E-state index contributed by atoms with van der Waals surface area (Å²) in [4.78, 5) is 8.50. The molecule has 104 valence electrons. The number of nitrogens with two attached hydrogens (primary N) is 1. The molecule has 0 aromatic carbocycles. The van der Waals surface area contributed by atoms with Gasteiger partial charge in [-0.25, -0.2) is 9.67 Å². The van der Waals surface area contributed by atoms with E-state index in [1.54, 1.807) is 0 Å². The van der Waals surface area contributed by atoms with E-state index in [0.717, 1.165) is 22.8 Å². The van der Waals surface area contributed by atoms with Gasteiger partial charge in [0.2, 0.25) is 0 Å². The van der Waals surface area contributed by atoms with Crippen molar-refractivity contribution in [1.82, 2.24) is 29.4 Å². The monoisotopic (exact) mass is 271 g/mol. The molecule has 3 heterocycles. The quantitative estimate of drug-likeness (QED) is 0.765. The van der Waals surface area contributed by atoms with E-state index in [2.05, 4.69) is 40.1 Å². The summed E-state index contributed by atoms with van der Waals surface area (Å²) in [6.45, 7) is 8.12. The Balaban J connectivity index is 2.34. The summed E-state index contributed by atoms with van der Waals surface area (Å²) in [5.74, 6) is 1.33. The third-order valence-electron chi connectivity index (χ3n) is 3.27. The topological polar surface area (TPSA) is 86.9 Å². The lowest BCUT2D eigenvalue weighted by molar-refractivity contribution is 0.721. The van der Waals surface area contributed by atoms with Crippen molar-refractivity contribution in [3.8, 4) is 5.69 Å². The first-order valence-corrected chi connectivity index (χ1v) is 6.51. The van der Waals surface area contributed by atoms with Crippen LogP contribution in [-0.2, 0) is 0 Å². The molecule has 0 spiro atoms. The molecule has 0 saturated carbocycles. The Bertz CT molecular complexity index is 781. The zero-order valence-electron chi connectivity index (χ0n) is 12.0. The maximum atomic E-state index is 6.23. The number of nitrogens with zero attached hydrogens (tertiary/aromatic N) is 6. The molecule has 0 bridgehead atoms. The highest BCUT2D eigenvalue weighted by Gasteiger charge is 2.18. The minimum atomic E-state index is 0.335. The standard InChI is InChI=1S/C13H17N7/c1-7(2)10-5-8(3)18-19(10)11-9(4)17-13-15-6-16-20(13)12(11)14/h5-7H,14H2,1-4H3. The third-order valence-corrected chi connectivity index (χ3v) is 3.27. The summed E-state index contributed by atoms with van der Waals surface area (Å²) in [6, 6.07) is 2.06. The Morgan fingerprint density at radius 3 is 2.70 bits per heavy atom. The Hall–Kier alpha value is -2.44. The van der Waals surface area contributed by atoms with Crippen LogP contribution >= 0.6 is 0 Å². The molecule has 0 saturated heterocycles. The van der Waals surface area contributed by atoms with E-state index in [1.165, 1.54) is 10.8 Å². The number of aromatic nitrogens is 6. The summed E-state index contributed by atoms with van der Waals surface area (Å²) in [5, 5.41) is 8.65. The number of nitrogen functional groups attached to an aromatic ring is 1. The van der Waals surface area contributed by atoms with E-state index < -0.39 is 0 Å². The second kappa shape index (κ2) is 4.29. The van der Waals surface area contributed by atoms with Gasteiger partial charge in [0, 0.05) is 5.69 Å². The molecule has 0 unspecified atom stereocenters. The maximum absolute atomic E-state index is 6.23. The lowest BCUT2D eigenvalue weighted by Gasteiger charge is -2.14. The Morgan fingerprint density at radius 1 is 1.25 bits per heavy atom. The zero-order valence-corrected chi connectivity index (χ0v) is 12.0. The van der Waals surface area contributed by atoms with Crippen LogP contribution in [0.1, 0.15) is 36.8 Å². The Labute approximate surface area is 116 Å². The molecular formula is C13H17N7. The first-order chi connectivity index (χ1) is 9.49. The van der Waals surface area contributed by atoms with Gasteiger partial charge in [0.05, 0.1) is 11.4 Å². The van der Waals surface area contributed by atoms with E-state index in [1.807, 2.05) is 18.5 Å². The van der Waals surface area contributed by atoms with Crippen molar-refractivity contribution in [1.29, 1.82) is 0 Å². The van der Waals surface area contributed by atoms with Crippen LogP contribution in [0, 0.1) is 13.8 Å². The fourth-order valence-corrected chi connectivity index (χ4v) is 2.34. The second-order valence-corrected chi connectivity index (χ2v) is 5.18. The molecule has 0 radical (unpaired) electrons. The van der Waals surface area contributed by atoms with Gasteiger partial charge >= 0.3 is 0 Å². The minimum absolute atomic E-state index is 0.335. The fourth-order valence-electron chi connectivity index (χ4n) is 2.34. The molecule has 0 aliphatic rings. The van der Waals surface area contributed by atoms with Crippen LogP contribution in [0.15, 0.2) is 12.4 Å². The van der Waals surface area contributed by atoms with Gasteiger partial charge in [-0.3, -0.25) is 0 Å². The zero-order chi connectivity index (χ0) is 14.4. The molecule has 0 atom stereocenters. The van der Waals surface area contributed by atoms with Crippen molar-refractivity contribution < 1.29 is 0 Å². The van der Waals surface area contributed by atoms with Crippen LogP contribution in [0.2, 0.25) is 0 Å². The fraction of sp³-hybridized carbons (Fsp3) is 0.385. The molecule has 0 amide bonds. The molecule has 3 rings (SSSR count). The highest BCUT2D eigenvalue weighted by molar-refractivity contribution is 5.59. The van der Waals surface area contributed by atoms with E-state index in [0.29, 0.717) is 17.5 Å². The molecule has 7 nitrogen and oxygen atoms in total. The van der Waals surface area contributed by atoms with Gasteiger partial charge in [-0.2, -0.15) is 19.7 Å². The first kappa shape index (κ1) is 12.6. The molecule has 0 fully saturated rings. The normalized spacial score (nSPS) is 11.7. The highest BCUT2D eigenvalue weighted by atomic mass is 15.4. The number of rotatable bonds is 2. The smallest absolute Gasteiger partial charge is 0.254 e. The molecule has 3 aromatic rings. The number of hydrogen-bond acceptors (Lipinski definition) is 5. The van der Waals surface area contributed by atoms with E-state index >= 15 is 0 Å². The Morgan fingerprint density at radius 2 is 2.00 bits per heavy atom. The summed E-state index contributed by atoms with van der Waals surface area (Å²) < 4.78 is 3.39. The molecular weight excluding hydrogens is 254 g/mol. The lowest BCUT2D eigenvalue weighted by atomic mass is 10.1. The van der Waals surface area contributed by atoms with Crippen LogP contribution in [0.4, 0.5) is 5.82 Å². The van der Waals surface area contributed by atoms with Crippen LogP contribution in [0.5, 0.6) is 0 Å². The third kappa shape index (κ3) is 1.74. The number of aryl methyl sites for hydroxylation is 2. The van der Waals surface area contributed by atoms with Gasteiger partial charge in [0.1, 0.15) is 12.0 Å². The maximum Gasteiger partial charge on any atom is 0.254 e. The second-order valence-electron chi connectivity index (χ2n) is 5.18. The summed E-state index contributed by atoms with van der Waals surface area (Å²) in [5.41, 5.74) is 9.83. The Kier molecular flexibility index (Phi) is 2.70. The van der Waals surface area contributed by atoms with E-state index in [4.69, 9.17) is 5.73 Å². The molecule has 0 aliphatic carbocycles. The first-order valence-electron chi connectivity index (χ1n) is 6.51.